The van der Waals surface area contributed by atoms with Crippen LogP contribution >= 0.6 is 0 Å². The van der Waals surface area contributed by atoms with Gasteiger partial charge >= 0.3 is 5.22 Å². The lowest BCUT2D eigenvalue weighted by atomic mass is 9.81. The molecule has 1 aliphatic rings. The minimum absolute atomic E-state index is 0.171. The van der Waals surface area contributed by atoms with Crippen LogP contribution in [0.3, 0.4) is 0 Å². The van der Waals surface area contributed by atoms with Crippen molar-refractivity contribution in [3.63, 3.8) is 0 Å². The lowest BCUT2D eigenvalue weighted by Crippen LogP contribution is -2.31. The fourth-order valence-electron chi connectivity index (χ4n) is 2.96. The van der Waals surface area contributed by atoms with Gasteiger partial charge < -0.3 is 10.2 Å². The smallest absolute Gasteiger partial charge is 0.316 e. The summed E-state index contributed by atoms with van der Waals surface area (Å²) in [6.45, 7) is 4.29. The summed E-state index contributed by atoms with van der Waals surface area (Å²) in [6, 6.07) is 4.97. The molecule has 0 saturated heterocycles. The first-order chi connectivity index (χ1) is 9.88. The fraction of sp³-hybridized carbons (Fsp3) is 0.533. The van der Waals surface area contributed by atoms with Gasteiger partial charge in [0.25, 0.3) is 0 Å². The molecule has 21 heavy (non-hydrogen) atoms. The zero-order valence-electron chi connectivity index (χ0n) is 12.2. The number of hydrogen-bond donors (Lipinski definition) is 1. The molecule has 3 rings (SSSR count). The van der Waals surface area contributed by atoms with Crippen LogP contribution in [-0.2, 0) is 9.84 Å². The van der Waals surface area contributed by atoms with Gasteiger partial charge in [0.1, 0.15) is 5.52 Å². The second-order valence-corrected chi connectivity index (χ2v) is 8.25. The van der Waals surface area contributed by atoms with E-state index in [4.69, 9.17) is 10.2 Å². The molecule has 3 atom stereocenters. The molecule has 1 aromatic carbocycles. The Labute approximate surface area is 124 Å². The van der Waals surface area contributed by atoms with Crippen molar-refractivity contribution in [1.82, 2.24) is 4.98 Å². The molecular weight excluding hydrogens is 288 g/mol. The summed E-state index contributed by atoms with van der Waals surface area (Å²) in [5.74, 6) is 0.971. The quantitative estimate of drug-likeness (QED) is 0.862. The highest BCUT2D eigenvalue weighted by atomic mass is 32.2. The number of fused-ring (bicyclic) bond motifs is 1. The highest BCUT2D eigenvalue weighted by molar-refractivity contribution is 7.91. The highest BCUT2D eigenvalue weighted by Crippen LogP contribution is 2.35. The third-order valence-corrected chi connectivity index (χ3v) is 6.59. The molecule has 1 saturated carbocycles. The number of oxazole rings is 1. The van der Waals surface area contributed by atoms with Gasteiger partial charge in [0.15, 0.2) is 5.58 Å². The summed E-state index contributed by atoms with van der Waals surface area (Å²) in [5, 5.41) is -0.566. The Balaban J connectivity index is 1.96. The second kappa shape index (κ2) is 5.02. The Morgan fingerprint density at radius 1 is 1.24 bits per heavy atom. The van der Waals surface area contributed by atoms with Crippen LogP contribution in [0, 0.1) is 11.8 Å². The maximum atomic E-state index is 12.7. The molecule has 2 aromatic rings. The van der Waals surface area contributed by atoms with Crippen molar-refractivity contribution in [2.24, 2.45) is 11.8 Å². The van der Waals surface area contributed by atoms with Crippen LogP contribution < -0.4 is 5.73 Å². The fourth-order valence-corrected chi connectivity index (χ4v) is 4.68. The summed E-state index contributed by atoms with van der Waals surface area (Å²) < 4.78 is 30.9. The van der Waals surface area contributed by atoms with Crippen molar-refractivity contribution in [3.05, 3.63) is 18.2 Å². The van der Waals surface area contributed by atoms with E-state index in [0.29, 0.717) is 41.5 Å². The monoisotopic (exact) mass is 308 g/mol. The normalized spacial score (nSPS) is 27.0. The molecule has 0 aliphatic heterocycles. The zero-order chi connectivity index (χ0) is 15.2. The van der Waals surface area contributed by atoms with Crippen molar-refractivity contribution in [2.45, 2.75) is 43.6 Å². The van der Waals surface area contributed by atoms with Gasteiger partial charge in [-0.1, -0.05) is 13.8 Å². The van der Waals surface area contributed by atoms with Gasteiger partial charge in [-0.3, -0.25) is 0 Å². The van der Waals surface area contributed by atoms with Crippen LogP contribution in [0.15, 0.2) is 27.8 Å². The maximum absolute atomic E-state index is 12.7. The van der Waals surface area contributed by atoms with E-state index in [1.807, 2.05) is 0 Å². The molecule has 1 fully saturated rings. The van der Waals surface area contributed by atoms with Crippen molar-refractivity contribution < 1.29 is 12.8 Å². The molecule has 1 aliphatic carbocycles. The van der Waals surface area contributed by atoms with Crippen LogP contribution in [0.4, 0.5) is 5.69 Å². The first kappa shape index (κ1) is 14.4. The van der Waals surface area contributed by atoms with Gasteiger partial charge in [0, 0.05) is 11.8 Å². The summed E-state index contributed by atoms with van der Waals surface area (Å²) >= 11 is 0. The lowest BCUT2D eigenvalue weighted by Gasteiger charge is -2.30. The van der Waals surface area contributed by atoms with Crippen molar-refractivity contribution in [2.75, 3.05) is 5.73 Å². The predicted molar refractivity (Wildman–Crippen MR) is 81.6 cm³/mol. The molecule has 0 radical (unpaired) electrons. The minimum atomic E-state index is -3.51. The number of nitrogens with zero attached hydrogens (tertiary/aromatic N) is 1. The number of aromatic nitrogens is 1. The maximum Gasteiger partial charge on any atom is 0.316 e. The third-order valence-electron chi connectivity index (χ3n) is 4.63. The molecule has 0 bridgehead atoms. The van der Waals surface area contributed by atoms with E-state index in [-0.39, 0.29) is 5.22 Å². The Morgan fingerprint density at radius 3 is 2.71 bits per heavy atom. The highest BCUT2D eigenvalue weighted by Gasteiger charge is 2.37. The van der Waals surface area contributed by atoms with Crippen LogP contribution in [-0.4, -0.2) is 18.7 Å². The summed E-state index contributed by atoms with van der Waals surface area (Å²) in [4.78, 5) is 4.13. The van der Waals surface area contributed by atoms with E-state index in [1.165, 1.54) is 0 Å². The van der Waals surface area contributed by atoms with E-state index in [1.54, 1.807) is 18.2 Å². The summed E-state index contributed by atoms with van der Waals surface area (Å²) in [6.07, 6.45) is 2.28. The minimum Gasteiger partial charge on any atom is -0.428 e. The molecule has 1 heterocycles. The van der Waals surface area contributed by atoms with E-state index in [0.717, 1.165) is 6.42 Å². The Bertz CT molecular complexity index is 766. The van der Waals surface area contributed by atoms with Gasteiger partial charge in [0.05, 0.1) is 5.25 Å². The number of nitrogen functional groups attached to an aromatic ring is 1. The average molecular weight is 308 g/mol. The van der Waals surface area contributed by atoms with Crippen LogP contribution in [0.5, 0.6) is 0 Å². The first-order valence-electron chi connectivity index (χ1n) is 7.28. The van der Waals surface area contributed by atoms with Crippen LogP contribution in [0.1, 0.15) is 33.1 Å². The molecule has 0 spiro atoms. The van der Waals surface area contributed by atoms with E-state index >= 15 is 0 Å². The topological polar surface area (TPSA) is 86.2 Å². The Kier molecular flexibility index (Phi) is 3.43. The SMILES string of the molecule is CC1CCC(S(=O)(=O)c2nc3ccc(N)cc3o2)CC1C. The molecule has 5 nitrogen and oxygen atoms in total. The zero-order valence-corrected chi connectivity index (χ0v) is 13.1. The largest absolute Gasteiger partial charge is 0.428 e. The van der Waals surface area contributed by atoms with Gasteiger partial charge in [-0.15, -0.1) is 0 Å². The average Bonchev–Trinajstić information content (AvgIpc) is 2.85. The Morgan fingerprint density at radius 2 is 2.00 bits per heavy atom. The second-order valence-electron chi connectivity index (χ2n) is 6.14. The number of benzene rings is 1. The van der Waals surface area contributed by atoms with Crippen molar-refractivity contribution >= 4 is 26.6 Å². The lowest BCUT2D eigenvalue weighted by molar-refractivity contribution is 0.276. The molecular formula is C15H20N2O3S. The molecule has 2 N–H and O–H groups in total. The predicted octanol–water partition coefficient (Wildman–Crippen LogP) is 3.01. The molecule has 3 unspecified atom stereocenters. The Hall–Kier alpha value is -1.56. The molecule has 6 heteroatoms. The van der Waals surface area contributed by atoms with Crippen LogP contribution in [0.25, 0.3) is 11.1 Å². The molecule has 0 amide bonds. The van der Waals surface area contributed by atoms with E-state index in [2.05, 4.69) is 18.8 Å². The van der Waals surface area contributed by atoms with Crippen molar-refractivity contribution in [1.29, 1.82) is 0 Å². The third kappa shape index (κ3) is 2.52. The van der Waals surface area contributed by atoms with Gasteiger partial charge in [0.2, 0.25) is 9.84 Å². The summed E-state index contributed by atoms with van der Waals surface area (Å²) in [7, 11) is -3.51. The number of nitrogens with two attached hydrogens (primary N) is 1. The van der Waals surface area contributed by atoms with Crippen molar-refractivity contribution in [3.8, 4) is 0 Å². The van der Waals surface area contributed by atoms with Crippen LogP contribution in [0.2, 0.25) is 0 Å². The summed E-state index contributed by atoms with van der Waals surface area (Å²) in [5.41, 5.74) is 7.16. The molecule has 114 valence electrons. The van der Waals surface area contributed by atoms with Gasteiger partial charge in [-0.05, 0) is 43.2 Å². The number of sulfone groups is 1. The van der Waals surface area contributed by atoms with E-state index < -0.39 is 15.1 Å². The van der Waals surface area contributed by atoms with Gasteiger partial charge in [-0.2, -0.15) is 4.98 Å². The number of rotatable bonds is 2. The number of hydrogen-bond acceptors (Lipinski definition) is 5. The molecule has 1 aromatic heterocycles. The number of anilines is 1. The van der Waals surface area contributed by atoms with E-state index in [9.17, 15) is 8.42 Å². The van der Waals surface area contributed by atoms with Gasteiger partial charge in [-0.25, -0.2) is 8.42 Å². The first-order valence-corrected chi connectivity index (χ1v) is 8.82. The standard InChI is InChI=1S/C15H20N2O3S/c1-9-3-5-12(7-10(9)2)21(18,19)15-17-13-6-4-11(16)8-14(13)20-15/h4,6,8-10,12H,3,5,7,16H2,1-2H3.